The summed E-state index contributed by atoms with van der Waals surface area (Å²) >= 11 is 0. The van der Waals surface area contributed by atoms with Gasteiger partial charge in [0, 0.05) is 30.6 Å². The maximum absolute atomic E-state index is 8.60. The molecule has 0 spiro atoms. The fourth-order valence-electron chi connectivity index (χ4n) is 4.89. The van der Waals surface area contributed by atoms with Gasteiger partial charge in [-0.3, -0.25) is 0 Å². The number of hydrogen-bond acceptors (Lipinski definition) is 2. The van der Waals surface area contributed by atoms with Crippen LogP contribution in [0.25, 0.3) is 22.4 Å². The van der Waals surface area contributed by atoms with Crippen molar-refractivity contribution in [3.8, 4) is 11.4 Å². The summed E-state index contributed by atoms with van der Waals surface area (Å²) in [6.07, 6.45) is 0. The molecule has 0 bridgehead atoms. The Morgan fingerprint density at radius 1 is 0.966 bits per heavy atom. The van der Waals surface area contributed by atoms with Gasteiger partial charge in [-0.05, 0) is 65.5 Å². The number of benzene rings is 2. The molecule has 1 aliphatic carbocycles. The number of anilines is 1. The van der Waals surface area contributed by atoms with Crippen LogP contribution in [0.4, 0.5) is 5.69 Å². The number of fused-ring (bicyclic) bond motifs is 6. The molecular weight excluding hydrogens is 354 g/mol. The van der Waals surface area contributed by atoms with Gasteiger partial charge in [0.1, 0.15) is 11.5 Å². The van der Waals surface area contributed by atoms with Crippen LogP contribution in [0.1, 0.15) is 82.8 Å². The predicted octanol–water partition coefficient (Wildman–Crippen LogP) is 6.44. The summed E-state index contributed by atoms with van der Waals surface area (Å²) in [5, 5.41) is 0. The Morgan fingerprint density at radius 2 is 1.69 bits per heavy atom. The van der Waals surface area contributed by atoms with E-state index in [1.54, 1.807) is 27.0 Å². The summed E-state index contributed by atoms with van der Waals surface area (Å²) in [5.41, 5.74) is -5.38. The highest BCUT2D eigenvalue weighted by molar-refractivity contribution is 5.89. The highest BCUT2D eigenvalue weighted by Gasteiger charge is 2.57. The van der Waals surface area contributed by atoms with E-state index in [9.17, 15) is 0 Å². The molecule has 3 aromatic rings. The van der Waals surface area contributed by atoms with Gasteiger partial charge >= 0.3 is 0 Å². The first-order valence-electron chi connectivity index (χ1n) is 15.7. The largest absolute Gasteiger partial charge is 0.351 e. The summed E-state index contributed by atoms with van der Waals surface area (Å²) in [4.78, 5) is 6.62. The van der Waals surface area contributed by atoms with Crippen molar-refractivity contribution in [3.63, 3.8) is 0 Å². The van der Waals surface area contributed by atoms with Gasteiger partial charge in [-0.25, -0.2) is 4.98 Å². The number of rotatable bonds is 0. The molecule has 3 heteroatoms. The van der Waals surface area contributed by atoms with Gasteiger partial charge in [0.25, 0.3) is 0 Å². The maximum atomic E-state index is 8.60. The first-order valence-corrected chi connectivity index (χ1v) is 9.74. The van der Waals surface area contributed by atoms with Crippen LogP contribution in [0.3, 0.4) is 0 Å². The minimum absolute atomic E-state index is 0.0840. The van der Waals surface area contributed by atoms with Crippen molar-refractivity contribution in [2.24, 2.45) is 5.41 Å². The molecule has 0 N–H and O–H groups in total. The van der Waals surface area contributed by atoms with Crippen LogP contribution in [0.2, 0.25) is 0 Å². The molecule has 152 valence electrons. The molecule has 3 nitrogen and oxygen atoms in total. The predicted molar refractivity (Wildman–Crippen MR) is 123 cm³/mol. The first kappa shape index (κ1) is 9.68. The van der Waals surface area contributed by atoms with Crippen molar-refractivity contribution in [2.75, 3.05) is 11.9 Å². The molecule has 0 radical (unpaired) electrons. The number of aromatic nitrogens is 2. The first-order chi connectivity index (χ1) is 18.3. The lowest BCUT2D eigenvalue weighted by molar-refractivity contribution is 0.125. The van der Waals surface area contributed by atoms with Crippen molar-refractivity contribution in [3.05, 3.63) is 47.5 Å². The van der Waals surface area contributed by atoms with Gasteiger partial charge in [0.15, 0.2) is 0 Å². The minimum Gasteiger partial charge on any atom is -0.351 e. The number of imidazole rings is 1. The summed E-state index contributed by atoms with van der Waals surface area (Å²) in [7, 11) is 1.77. The van der Waals surface area contributed by atoms with Gasteiger partial charge in [-0.15, -0.1) is 0 Å². The highest BCUT2D eigenvalue weighted by Crippen LogP contribution is 2.62. The highest BCUT2D eigenvalue weighted by atomic mass is 15.4. The maximum Gasteiger partial charge on any atom is 0.145 e. The Labute approximate surface area is 191 Å². The molecule has 0 saturated heterocycles. The molecule has 29 heavy (non-hydrogen) atoms. The zero-order valence-electron chi connectivity index (χ0n) is 29.6. The molecule has 1 unspecified atom stereocenters. The second kappa shape index (κ2) is 5.06. The molecule has 0 amide bonds. The average Bonchev–Trinajstić information content (AvgIpc) is 3.24. The van der Waals surface area contributed by atoms with Crippen LogP contribution in [0, 0.1) is 5.41 Å². The standard InChI is InChI=1S/C26H33N3/c1-23(2)17-14-19-21(15-18(17)24(3,4)25(23,5)6)29-22(27-19)16-12-10-11-13-20(16)28(9)26(29,7)8/h10-15H,1-9H3/i1D3,2D3,5D3,10D,11D,13D. The Hall–Kier alpha value is -2.29. The van der Waals surface area contributed by atoms with Gasteiger partial charge in [-0.2, -0.15) is 0 Å². The van der Waals surface area contributed by atoms with Crippen LogP contribution >= 0.6 is 0 Å². The van der Waals surface area contributed by atoms with E-state index in [0.717, 1.165) is 0 Å². The molecule has 2 aliphatic rings. The molecule has 1 aromatic heterocycles. The fourth-order valence-corrected chi connectivity index (χ4v) is 4.89. The SMILES string of the molecule is [2H]c1cc2c(c([2H])c1[2H])N(C)C(C)(C)n1c-2nc2cc3c(cc21)C(C)(C)C(C)(C([2H])([2H])[2H])C3(C([2H])([2H])[2H])C([2H])([2H])[2H]. The summed E-state index contributed by atoms with van der Waals surface area (Å²) in [5.74, 6) is 0.383. The fraction of sp³-hybridized carbons (Fsp3) is 0.500. The molecule has 5 rings (SSSR count). The second-order valence-electron chi connectivity index (χ2n) is 9.51. The zero-order chi connectivity index (χ0) is 31.3. The van der Waals surface area contributed by atoms with E-state index >= 15 is 0 Å². The van der Waals surface area contributed by atoms with Gasteiger partial charge in [-0.1, -0.05) is 53.4 Å². The van der Waals surface area contributed by atoms with Crippen LogP contribution in [0.5, 0.6) is 0 Å². The summed E-state index contributed by atoms with van der Waals surface area (Å²) < 4.78 is 104. The Morgan fingerprint density at radius 3 is 2.38 bits per heavy atom. The Bertz CT molecular complexity index is 1610. The monoisotopic (exact) mass is 399 g/mol. The van der Waals surface area contributed by atoms with Crippen molar-refractivity contribution in [1.82, 2.24) is 9.55 Å². The van der Waals surface area contributed by atoms with Crippen molar-refractivity contribution in [1.29, 1.82) is 0 Å². The Kier molecular flexibility index (Phi) is 1.69. The average molecular weight is 400 g/mol. The molecule has 0 fully saturated rings. The molecule has 1 atom stereocenters. The topological polar surface area (TPSA) is 21.1 Å². The summed E-state index contributed by atoms with van der Waals surface area (Å²) in [6.45, 7) is -1.20. The number of para-hydroxylation sites is 1. The van der Waals surface area contributed by atoms with Crippen molar-refractivity contribution < 1.29 is 16.4 Å². The Balaban J connectivity index is 2.00. The lowest BCUT2D eigenvalue weighted by Gasteiger charge is -2.45. The number of hydrogen-bond donors (Lipinski definition) is 0. The van der Waals surface area contributed by atoms with Gasteiger partial charge in [0.05, 0.1) is 15.1 Å². The molecule has 1 aliphatic heterocycles. The lowest BCUT2D eigenvalue weighted by atomic mass is 9.59. The minimum atomic E-state index is -3.23. The molecule has 0 saturated carbocycles. The number of nitrogens with zero attached hydrogens (tertiary/aromatic N) is 3. The van der Waals surface area contributed by atoms with Crippen molar-refractivity contribution in [2.45, 2.75) is 71.7 Å². The van der Waals surface area contributed by atoms with Crippen LogP contribution in [-0.4, -0.2) is 16.6 Å². The second-order valence-corrected chi connectivity index (χ2v) is 9.51. The van der Waals surface area contributed by atoms with E-state index in [2.05, 4.69) is 0 Å². The van der Waals surface area contributed by atoms with Crippen molar-refractivity contribution >= 4 is 16.7 Å². The summed E-state index contributed by atoms with van der Waals surface area (Å²) in [6, 6.07) is 4.07. The quantitative estimate of drug-likeness (QED) is 0.434. The van der Waals surface area contributed by atoms with Crippen LogP contribution in [0.15, 0.2) is 36.3 Å². The van der Waals surface area contributed by atoms with E-state index < -0.39 is 42.5 Å². The molecule has 2 aromatic carbocycles. The van der Waals surface area contributed by atoms with Crippen LogP contribution < -0.4 is 4.90 Å². The van der Waals surface area contributed by atoms with E-state index in [0.29, 0.717) is 28.2 Å². The van der Waals surface area contributed by atoms with Gasteiger partial charge < -0.3 is 9.47 Å². The third kappa shape index (κ3) is 1.92. The zero-order valence-corrected chi connectivity index (χ0v) is 17.6. The normalized spacial score (nSPS) is 33.0. The molecular formula is C26H33N3. The van der Waals surface area contributed by atoms with E-state index in [1.165, 1.54) is 19.1 Å². The third-order valence-corrected chi connectivity index (χ3v) is 7.54. The smallest absolute Gasteiger partial charge is 0.145 e. The van der Waals surface area contributed by atoms with Gasteiger partial charge in [0.2, 0.25) is 0 Å². The van der Waals surface area contributed by atoms with Crippen LogP contribution in [-0.2, 0) is 16.5 Å². The van der Waals surface area contributed by atoms with E-state index in [-0.39, 0.29) is 29.2 Å². The van der Waals surface area contributed by atoms with E-state index in [4.69, 9.17) is 21.4 Å². The molecule has 2 heterocycles. The third-order valence-electron chi connectivity index (χ3n) is 7.54. The lowest BCUT2D eigenvalue weighted by Crippen LogP contribution is -2.46. The van der Waals surface area contributed by atoms with E-state index in [1.807, 2.05) is 23.3 Å².